The predicted octanol–water partition coefficient (Wildman–Crippen LogP) is 2.15. The third kappa shape index (κ3) is 6.58. The number of rotatable bonds is 7. The van der Waals surface area contributed by atoms with Crippen molar-refractivity contribution in [1.29, 1.82) is 0 Å². The number of ether oxygens (including phenoxy) is 2. The fraction of sp³-hybridized carbons (Fsp3) is 0.882. The molecule has 0 radical (unpaired) electrons. The largest absolute Gasteiger partial charge is 0.747 e. The van der Waals surface area contributed by atoms with E-state index < -0.39 is 27.3 Å². The van der Waals surface area contributed by atoms with Crippen molar-refractivity contribution >= 4 is 22.1 Å². The van der Waals surface area contributed by atoms with Gasteiger partial charge in [-0.3, -0.25) is 9.59 Å². The Labute approximate surface area is 149 Å². The van der Waals surface area contributed by atoms with Crippen molar-refractivity contribution in [3.8, 4) is 0 Å². The first-order valence-corrected chi connectivity index (χ1v) is 10.6. The Morgan fingerprint density at radius 2 is 1.16 bits per heavy atom. The van der Waals surface area contributed by atoms with Crippen molar-refractivity contribution in [2.24, 2.45) is 11.8 Å². The van der Waals surface area contributed by atoms with E-state index in [2.05, 4.69) is 0 Å². The summed E-state index contributed by atoms with van der Waals surface area (Å²) in [5.74, 6) is -2.31. The summed E-state index contributed by atoms with van der Waals surface area (Å²) in [5.41, 5.74) is 0. The average molecular weight is 375 g/mol. The lowest BCUT2D eigenvalue weighted by Crippen LogP contribution is -2.41. The van der Waals surface area contributed by atoms with E-state index >= 15 is 0 Å². The quantitative estimate of drug-likeness (QED) is 0.381. The molecule has 0 aromatic rings. The molecule has 25 heavy (non-hydrogen) atoms. The van der Waals surface area contributed by atoms with Crippen LogP contribution >= 0.6 is 0 Å². The normalized spacial score (nSPS) is 20.4. The summed E-state index contributed by atoms with van der Waals surface area (Å²) >= 11 is 0. The minimum atomic E-state index is -5.17. The van der Waals surface area contributed by atoms with Gasteiger partial charge >= 0.3 is 11.9 Å². The van der Waals surface area contributed by atoms with Gasteiger partial charge in [0, 0.05) is 0 Å². The number of carbonyl (C=O) groups is 2. The van der Waals surface area contributed by atoms with Gasteiger partial charge in [0.15, 0.2) is 0 Å². The molecule has 0 unspecified atom stereocenters. The molecule has 144 valence electrons. The van der Waals surface area contributed by atoms with Crippen LogP contribution in [0.15, 0.2) is 0 Å². The Balaban J connectivity index is 1.87. The molecular formula is C17H27O7S-. The molecule has 0 bridgehead atoms. The third-order valence-corrected chi connectivity index (χ3v) is 6.05. The molecule has 0 saturated heterocycles. The second-order valence-electron chi connectivity index (χ2n) is 7.14. The molecule has 2 aliphatic carbocycles. The molecule has 0 aromatic heterocycles. The number of hydrogen-bond acceptors (Lipinski definition) is 7. The van der Waals surface area contributed by atoms with Crippen molar-refractivity contribution in [1.82, 2.24) is 0 Å². The first-order valence-electron chi connectivity index (χ1n) is 9.16. The Morgan fingerprint density at radius 1 is 0.800 bits per heavy atom. The van der Waals surface area contributed by atoms with Crippen LogP contribution in [0.5, 0.6) is 0 Å². The summed E-state index contributed by atoms with van der Waals surface area (Å²) in [4.78, 5) is 24.0. The van der Waals surface area contributed by atoms with Gasteiger partial charge in [-0.1, -0.05) is 38.5 Å². The van der Waals surface area contributed by atoms with E-state index in [1.807, 2.05) is 0 Å². The molecule has 2 rings (SSSR count). The summed E-state index contributed by atoms with van der Waals surface area (Å²) in [6, 6.07) is 0. The first-order chi connectivity index (χ1) is 11.9. The second-order valence-corrected chi connectivity index (χ2v) is 8.60. The summed E-state index contributed by atoms with van der Waals surface area (Å²) in [6.07, 6.45) is 10.0. The van der Waals surface area contributed by atoms with Gasteiger partial charge in [-0.05, 0) is 37.5 Å². The molecule has 0 aromatic carbocycles. The van der Waals surface area contributed by atoms with Crippen molar-refractivity contribution < 1.29 is 32.0 Å². The monoisotopic (exact) mass is 375 g/mol. The molecular weight excluding hydrogens is 348 g/mol. The highest BCUT2D eigenvalue weighted by molar-refractivity contribution is 7.88. The molecule has 0 aliphatic heterocycles. The summed E-state index contributed by atoms with van der Waals surface area (Å²) in [6.45, 7) is 0.0848. The number of esters is 2. The van der Waals surface area contributed by atoms with Gasteiger partial charge in [0.2, 0.25) is 5.25 Å². The lowest BCUT2D eigenvalue weighted by molar-refractivity contribution is -0.155. The summed E-state index contributed by atoms with van der Waals surface area (Å²) < 4.78 is 44.0. The molecule has 0 N–H and O–H groups in total. The summed E-state index contributed by atoms with van der Waals surface area (Å²) in [7, 11) is -5.17. The minimum absolute atomic E-state index is 0.0424. The number of carbonyl (C=O) groups excluding carboxylic acids is 2. The Morgan fingerprint density at radius 3 is 1.48 bits per heavy atom. The third-order valence-electron chi connectivity index (χ3n) is 5.09. The van der Waals surface area contributed by atoms with Gasteiger partial charge in [-0.25, -0.2) is 8.42 Å². The Kier molecular flexibility index (Phi) is 7.68. The fourth-order valence-electron chi connectivity index (χ4n) is 3.59. The molecule has 0 spiro atoms. The molecule has 0 amide bonds. The zero-order valence-corrected chi connectivity index (χ0v) is 15.3. The maximum Gasteiger partial charge on any atom is 0.334 e. The predicted molar refractivity (Wildman–Crippen MR) is 88.6 cm³/mol. The van der Waals surface area contributed by atoms with Crippen molar-refractivity contribution in [2.75, 3.05) is 13.2 Å². The molecule has 2 aliphatic rings. The van der Waals surface area contributed by atoms with Gasteiger partial charge < -0.3 is 14.0 Å². The van der Waals surface area contributed by atoms with E-state index in [1.54, 1.807) is 0 Å². The van der Waals surface area contributed by atoms with Crippen LogP contribution in [0.25, 0.3) is 0 Å². The van der Waals surface area contributed by atoms with E-state index in [1.165, 1.54) is 0 Å². The lowest BCUT2D eigenvalue weighted by atomic mass is 9.90. The molecule has 2 fully saturated rings. The average Bonchev–Trinajstić information content (AvgIpc) is 2.59. The maximum atomic E-state index is 12.0. The van der Waals surface area contributed by atoms with Gasteiger partial charge in [-0.2, -0.15) is 0 Å². The van der Waals surface area contributed by atoms with Crippen molar-refractivity contribution in [3.05, 3.63) is 0 Å². The van der Waals surface area contributed by atoms with Crippen molar-refractivity contribution in [2.45, 2.75) is 69.5 Å². The van der Waals surface area contributed by atoms with E-state index in [-0.39, 0.29) is 25.0 Å². The Hall–Kier alpha value is -1.15. The molecule has 0 atom stereocenters. The van der Waals surface area contributed by atoms with E-state index in [0.29, 0.717) is 0 Å². The van der Waals surface area contributed by atoms with Crippen LogP contribution in [-0.4, -0.2) is 43.4 Å². The molecule has 7 nitrogen and oxygen atoms in total. The Bertz CT molecular complexity index is 511. The van der Waals surface area contributed by atoms with Crippen LogP contribution < -0.4 is 0 Å². The van der Waals surface area contributed by atoms with E-state index in [0.717, 1.165) is 64.2 Å². The van der Waals surface area contributed by atoms with Crippen LogP contribution in [0.1, 0.15) is 64.2 Å². The highest BCUT2D eigenvalue weighted by Crippen LogP contribution is 2.25. The summed E-state index contributed by atoms with van der Waals surface area (Å²) in [5, 5.41) is -2.42. The van der Waals surface area contributed by atoms with Crippen LogP contribution in [0, 0.1) is 11.8 Å². The molecule has 0 heterocycles. The lowest BCUT2D eigenvalue weighted by Gasteiger charge is -2.24. The van der Waals surface area contributed by atoms with Gasteiger partial charge in [0.05, 0.1) is 13.2 Å². The topological polar surface area (TPSA) is 110 Å². The molecule has 2 saturated carbocycles. The maximum absolute atomic E-state index is 12.0. The van der Waals surface area contributed by atoms with Gasteiger partial charge in [-0.15, -0.1) is 0 Å². The van der Waals surface area contributed by atoms with Gasteiger partial charge in [0.1, 0.15) is 10.1 Å². The highest BCUT2D eigenvalue weighted by atomic mass is 32.2. The van der Waals surface area contributed by atoms with E-state index in [9.17, 15) is 22.6 Å². The van der Waals surface area contributed by atoms with E-state index in [4.69, 9.17) is 9.47 Å². The van der Waals surface area contributed by atoms with Crippen molar-refractivity contribution in [3.63, 3.8) is 0 Å². The van der Waals surface area contributed by atoms with Gasteiger partial charge in [0.25, 0.3) is 0 Å². The van der Waals surface area contributed by atoms with Crippen LogP contribution in [0.2, 0.25) is 0 Å². The molecule has 8 heteroatoms. The van der Waals surface area contributed by atoms with Crippen LogP contribution in [-0.2, 0) is 29.2 Å². The first kappa shape index (κ1) is 20.2. The highest BCUT2D eigenvalue weighted by Gasteiger charge is 2.37. The standard InChI is InChI=1S/C17H28O7S/c18-16(23-11-13-7-3-1-4-8-13)15(25(20,21)22)17(19)24-12-14-9-5-2-6-10-14/h13-15H,1-12H2,(H,20,21,22)/p-1. The zero-order valence-electron chi connectivity index (χ0n) is 14.5. The SMILES string of the molecule is O=C(OCC1CCCCC1)C(C(=O)OCC1CCCCC1)S(=O)(=O)[O-]. The zero-order chi connectivity index (χ0) is 18.3. The minimum Gasteiger partial charge on any atom is -0.747 e. The fourth-order valence-corrected chi connectivity index (χ4v) is 4.20. The van der Waals surface area contributed by atoms with Crippen LogP contribution in [0.4, 0.5) is 0 Å². The smallest absolute Gasteiger partial charge is 0.334 e. The second kappa shape index (κ2) is 9.52. The van der Waals surface area contributed by atoms with Crippen LogP contribution in [0.3, 0.4) is 0 Å². The number of hydrogen-bond donors (Lipinski definition) is 0.